The van der Waals surface area contributed by atoms with E-state index in [1.807, 2.05) is 0 Å². The molecule has 0 unspecified atom stereocenters. The summed E-state index contributed by atoms with van der Waals surface area (Å²) in [6, 6.07) is 0. The number of quaternary nitrogens is 2. The Kier molecular flexibility index (Phi) is 35.7. The predicted molar refractivity (Wildman–Crippen MR) is 221 cm³/mol. The van der Waals surface area contributed by atoms with Gasteiger partial charge in [-0.05, 0) is 103 Å². The van der Waals surface area contributed by atoms with Crippen molar-refractivity contribution < 1.29 is 8.97 Å². The van der Waals surface area contributed by atoms with Crippen LogP contribution in [-0.4, -0.2) is 63.3 Å². The first-order chi connectivity index (χ1) is 23.3. The Labute approximate surface area is 306 Å². The van der Waals surface area contributed by atoms with Crippen molar-refractivity contribution in [2.75, 3.05) is 54.4 Å². The van der Waals surface area contributed by atoms with Crippen LogP contribution in [0.15, 0.2) is 24.3 Å². The van der Waals surface area contributed by atoms with Crippen LogP contribution in [0, 0.1) is 0 Å². The number of unbranched alkanes of at least 4 members (excludes halogenated alkanes) is 27. The van der Waals surface area contributed by atoms with E-state index in [9.17, 15) is 0 Å². The zero-order valence-electron chi connectivity index (χ0n) is 34.7. The molecule has 0 aliphatic carbocycles. The van der Waals surface area contributed by atoms with Crippen LogP contribution < -0.4 is 0 Å². The molecule has 0 saturated carbocycles. The molecule has 0 atom stereocenters. The lowest BCUT2D eigenvalue weighted by Crippen LogP contribution is -2.41. The molecular weight excluding hydrogens is 581 g/mol. The fourth-order valence-corrected chi connectivity index (χ4v) is 7.23. The lowest BCUT2D eigenvalue weighted by atomic mass is 10.1. The molecule has 0 bridgehead atoms. The standard InChI is InChI=1S/C46H94N2/c1-7-9-11-13-15-17-19-21-23-25-27-29-31-33-35-39-43-47(3,4)45-41-37-38-42-46-48(5,6)44-40-36-34-32-30-28-26-24-22-20-18-16-14-12-10-8-2/h21-24H,7-20,25-46H2,1-6H3/q+2/b23-21-,24-22-. The Bertz CT molecular complexity index is 618. The highest BCUT2D eigenvalue weighted by Gasteiger charge is 2.15. The molecule has 0 heterocycles. The monoisotopic (exact) mass is 675 g/mol. The molecule has 0 aromatic heterocycles. The van der Waals surface area contributed by atoms with Crippen molar-refractivity contribution >= 4 is 0 Å². The first kappa shape index (κ1) is 47.4. The van der Waals surface area contributed by atoms with E-state index >= 15 is 0 Å². The molecule has 2 nitrogen and oxygen atoms in total. The molecular formula is C46H94N2+2. The second-order valence-electron chi connectivity index (χ2n) is 17.1. The topological polar surface area (TPSA) is 0 Å². The molecule has 0 aromatic rings. The second kappa shape index (κ2) is 36.2. The van der Waals surface area contributed by atoms with E-state index < -0.39 is 0 Å². The highest BCUT2D eigenvalue weighted by atomic mass is 15.3. The van der Waals surface area contributed by atoms with Crippen molar-refractivity contribution in [2.45, 2.75) is 219 Å². The van der Waals surface area contributed by atoms with Gasteiger partial charge in [0.2, 0.25) is 0 Å². The Morgan fingerprint density at radius 1 is 0.250 bits per heavy atom. The summed E-state index contributed by atoms with van der Waals surface area (Å²) in [6.07, 6.45) is 54.7. The highest BCUT2D eigenvalue weighted by molar-refractivity contribution is 4.82. The fraction of sp³-hybridized carbons (Fsp3) is 0.913. The van der Waals surface area contributed by atoms with E-state index in [0.29, 0.717) is 0 Å². The molecule has 0 aliphatic heterocycles. The third-order valence-electron chi connectivity index (χ3n) is 10.8. The van der Waals surface area contributed by atoms with Crippen LogP contribution in [-0.2, 0) is 0 Å². The maximum absolute atomic E-state index is 2.46. The minimum atomic E-state index is 1.22. The van der Waals surface area contributed by atoms with E-state index in [1.165, 1.54) is 241 Å². The maximum Gasteiger partial charge on any atom is 0.0782 e. The lowest BCUT2D eigenvalue weighted by molar-refractivity contribution is -0.891. The van der Waals surface area contributed by atoms with Crippen molar-refractivity contribution in [1.29, 1.82) is 0 Å². The van der Waals surface area contributed by atoms with Gasteiger partial charge in [0, 0.05) is 0 Å². The summed E-state index contributed by atoms with van der Waals surface area (Å²) < 4.78 is 2.45. The van der Waals surface area contributed by atoms with Gasteiger partial charge in [-0.3, -0.25) is 0 Å². The van der Waals surface area contributed by atoms with Crippen LogP contribution in [0.25, 0.3) is 0 Å². The van der Waals surface area contributed by atoms with Crippen molar-refractivity contribution in [2.24, 2.45) is 0 Å². The average Bonchev–Trinajstić information content (AvgIpc) is 3.06. The Morgan fingerprint density at radius 3 is 0.667 bits per heavy atom. The zero-order chi connectivity index (χ0) is 35.3. The largest absolute Gasteiger partial charge is 0.328 e. The zero-order valence-corrected chi connectivity index (χ0v) is 34.7. The lowest BCUT2D eigenvalue weighted by Gasteiger charge is -2.31. The number of hydrogen-bond acceptors (Lipinski definition) is 0. The van der Waals surface area contributed by atoms with Crippen LogP contribution >= 0.6 is 0 Å². The van der Waals surface area contributed by atoms with E-state index in [4.69, 9.17) is 0 Å². The average molecular weight is 675 g/mol. The molecule has 0 rings (SSSR count). The summed E-state index contributed by atoms with van der Waals surface area (Å²) in [5.41, 5.74) is 0. The van der Waals surface area contributed by atoms with Crippen LogP contribution in [0.4, 0.5) is 0 Å². The molecule has 0 fully saturated rings. The van der Waals surface area contributed by atoms with Gasteiger partial charge >= 0.3 is 0 Å². The van der Waals surface area contributed by atoms with Gasteiger partial charge in [0.25, 0.3) is 0 Å². The SMILES string of the molecule is CCCCCCCC/C=C\CCCCCCCC[N+](C)(C)CCCCCC[N+](C)(C)CCCCCCCC/C=C\CCCCCCCC. The van der Waals surface area contributed by atoms with Gasteiger partial charge < -0.3 is 8.97 Å². The maximum atomic E-state index is 2.46. The summed E-state index contributed by atoms with van der Waals surface area (Å²) in [4.78, 5) is 0. The van der Waals surface area contributed by atoms with E-state index in [1.54, 1.807) is 0 Å². The number of rotatable bonds is 39. The summed E-state index contributed by atoms with van der Waals surface area (Å²) in [6.45, 7) is 10.0. The molecule has 0 radical (unpaired) electrons. The summed E-state index contributed by atoms with van der Waals surface area (Å²) in [5, 5.41) is 0. The number of nitrogens with zero attached hydrogens (tertiary/aromatic N) is 2. The fourth-order valence-electron chi connectivity index (χ4n) is 7.23. The summed E-state index contributed by atoms with van der Waals surface area (Å²) in [7, 11) is 9.86. The number of hydrogen-bond donors (Lipinski definition) is 0. The van der Waals surface area contributed by atoms with Crippen LogP contribution in [0.2, 0.25) is 0 Å². The first-order valence-electron chi connectivity index (χ1n) is 22.3. The van der Waals surface area contributed by atoms with E-state index in [2.05, 4.69) is 66.3 Å². The van der Waals surface area contributed by atoms with Crippen LogP contribution in [0.1, 0.15) is 219 Å². The van der Waals surface area contributed by atoms with Gasteiger partial charge in [-0.15, -0.1) is 0 Å². The molecule has 286 valence electrons. The van der Waals surface area contributed by atoms with Crippen molar-refractivity contribution in [3.63, 3.8) is 0 Å². The molecule has 2 heteroatoms. The molecule has 0 aliphatic rings. The molecule has 0 N–H and O–H groups in total. The van der Waals surface area contributed by atoms with Crippen LogP contribution in [0.5, 0.6) is 0 Å². The molecule has 0 aromatic carbocycles. The van der Waals surface area contributed by atoms with Gasteiger partial charge in [-0.25, -0.2) is 0 Å². The van der Waals surface area contributed by atoms with Crippen molar-refractivity contribution in [3.8, 4) is 0 Å². The second-order valence-corrected chi connectivity index (χ2v) is 17.1. The van der Waals surface area contributed by atoms with Gasteiger partial charge in [0.05, 0.1) is 54.4 Å². The third-order valence-corrected chi connectivity index (χ3v) is 10.8. The van der Waals surface area contributed by atoms with E-state index in [-0.39, 0.29) is 0 Å². The summed E-state index contributed by atoms with van der Waals surface area (Å²) in [5.74, 6) is 0. The minimum absolute atomic E-state index is 1.22. The molecule has 0 amide bonds. The highest BCUT2D eigenvalue weighted by Crippen LogP contribution is 2.15. The van der Waals surface area contributed by atoms with Crippen molar-refractivity contribution in [1.82, 2.24) is 0 Å². The smallest absolute Gasteiger partial charge is 0.0782 e. The Hall–Kier alpha value is -0.600. The quantitative estimate of drug-likeness (QED) is 0.0346. The van der Waals surface area contributed by atoms with Crippen molar-refractivity contribution in [3.05, 3.63) is 24.3 Å². The number of allylic oxidation sites excluding steroid dienone is 4. The van der Waals surface area contributed by atoms with Gasteiger partial charge in [0.15, 0.2) is 0 Å². The third kappa shape index (κ3) is 38.2. The predicted octanol–water partition coefficient (Wildman–Crippen LogP) is 14.8. The minimum Gasteiger partial charge on any atom is -0.328 e. The molecule has 0 saturated heterocycles. The normalized spacial score (nSPS) is 12.7. The Balaban J connectivity index is 3.52. The molecule has 48 heavy (non-hydrogen) atoms. The first-order valence-corrected chi connectivity index (χ1v) is 22.3. The Morgan fingerprint density at radius 2 is 0.438 bits per heavy atom. The van der Waals surface area contributed by atoms with Gasteiger partial charge in [0.1, 0.15) is 0 Å². The molecule has 0 spiro atoms. The van der Waals surface area contributed by atoms with Gasteiger partial charge in [-0.2, -0.15) is 0 Å². The summed E-state index contributed by atoms with van der Waals surface area (Å²) >= 11 is 0. The van der Waals surface area contributed by atoms with Gasteiger partial charge in [-0.1, -0.05) is 141 Å². The van der Waals surface area contributed by atoms with Crippen LogP contribution in [0.3, 0.4) is 0 Å². The van der Waals surface area contributed by atoms with E-state index in [0.717, 1.165) is 0 Å².